The number of benzene rings is 6. The van der Waals surface area contributed by atoms with Crippen LogP contribution in [0, 0.1) is 0 Å². The van der Waals surface area contributed by atoms with Gasteiger partial charge in [-0.25, -0.2) is 19.9 Å². The molecule has 4 heterocycles. The average Bonchev–Trinajstić information content (AvgIpc) is 3.63. The third-order valence-electron chi connectivity index (χ3n) is 11.6. The molecule has 0 radical (unpaired) electrons. The minimum atomic E-state index is -0.102. The largest absolute Gasteiger partial charge is 0.439 e. The van der Waals surface area contributed by atoms with Crippen LogP contribution in [0.1, 0.15) is 26.3 Å². The number of pyridine rings is 2. The second-order valence-electron chi connectivity index (χ2n) is 16.8. The van der Waals surface area contributed by atoms with Crippen molar-refractivity contribution >= 4 is 68.0 Å². The lowest BCUT2D eigenvalue weighted by atomic mass is 9.37. The maximum Gasteiger partial charge on any atom is 0.241 e. The molecule has 0 amide bonds. The highest BCUT2D eigenvalue weighted by molar-refractivity contribution is 6.96. The van der Waals surface area contributed by atoms with E-state index in [1.807, 2.05) is 60.9 Å². The van der Waals surface area contributed by atoms with Crippen LogP contribution in [0.3, 0.4) is 0 Å². The zero-order valence-corrected chi connectivity index (χ0v) is 35.3. The van der Waals surface area contributed by atoms with E-state index in [1.54, 1.807) is 12.4 Å². The SMILES string of the molecule is CC(C)(C)c1cnc(-n2c3cc(B(c4ccccc4)c4cccc(Oc5ccccn5)c4)ccc3c3ccc(B(c4ccccc4)c4cccc(Oc5ccccn5)c4)cc32)nc1. The van der Waals surface area contributed by atoms with Crippen molar-refractivity contribution in [1.29, 1.82) is 0 Å². The van der Waals surface area contributed by atoms with E-state index < -0.39 is 0 Å². The van der Waals surface area contributed by atoms with Crippen molar-refractivity contribution < 1.29 is 9.47 Å². The molecule has 0 fully saturated rings. The van der Waals surface area contributed by atoms with E-state index in [0.29, 0.717) is 17.7 Å². The van der Waals surface area contributed by atoms with Gasteiger partial charge in [0.15, 0.2) is 0 Å². The minimum Gasteiger partial charge on any atom is -0.439 e. The van der Waals surface area contributed by atoms with Gasteiger partial charge in [0, 0.05) is 47.7 Å². The number of fused-ring (bicyclic) bond motifs is 3. The lowest BCUT2D eigenvalue weighted by Crippen LogP contribution is -2.52. The van der Waals surface area contributed by atoms with E-state index in [-0.39, 0.29) is 18.8 Å². The molecule has 0 saturated carbocycles. The fourth-order valence-corrected chi connectivity index (χ4v) is 8.47. The summed E-state index contributed by atoms with van der Waals surface area (Å²) in [6.07, 6.45) is 7.41. The third kappa shape index (κ3) is 8.21. The van der Waals surface area contributed by atoms with Gasteiger partial charge in [-0.05, 0) is 59.5 Å². The van der Waals surface area contributed by atoms with Crippen molar-refractivity contribution in [3.05, 3.63) is 212 Å². The number of ether oxygens (including phenoxy) is 2. The maximum absolute atomic E-state index is 6.25. The summed E-state index contributed by atoms with van der Waals surface area (Å²) in [5.74, 6) is 3.16. The van der Waals surface area contributed by atoms with Crippen LogP contribution >= 0.6 is 0 Å². The monoisotopic (exact) mass is 815 g/mol. The summed E-state index contributed by atoms with van der Waals surface area (Å²) in [7, 11) is 0. The van der Waals surface area contributed by atoms with Gasteiger partial charge in [0.25, 0.3) is 0 Å². The molecule has 302 valence electrons. The first-order chi connectivity index (χ1) is 30.9. The summed E-state index contributed by atoms with van der Waals surface area (Å²) in [6.45, 7) is 6.36. The summed E-state index contributed by atoms with van der Waals surface area (Å²) in [5, 5.41) is 2.23. The molecule has 0 bridgehead atoms. The first-order valence-corrected chi connectivity index (χ1v) is 21.2. The van der Waals surface area contributed by atoms with Crippen molar-refractivity contribution in [3.63, 3.8) is 0 Å². The molecular formula is C54H43B2N5O2. The Bertz CT molecular complexity index is 2970. The topological polar surface area (TPSA) is 75.0 Å². The Morgan fingerprint density at radius 3 is 1.27 bits per heavy atom. The van der Waals surface area contributed by atoms with E-state index in [2.05, 4.69) is 169 Å². The zero-order valence-electron chi connectivity index (χ0n) is 35.3. The lowest BCUT2D eigenvalue weighted by Gasteiger charge is -2.19. The Morgan fingerprint density at radius 2 is 0.841 bits per heavy atom. The van der Waals surface area contributed by atoms with Crippen LogP contribution in [0.25, 0.3) is 27.8 Å². The van der Waals surface area contributed by atoms with E-state index in [9.17, 15) is 0 Å². The third-order valence-corrected chi connectivity index (χ3v) is 11.6. The molecule has 6 aromatic carbocycles. The van der Waals surface area contributed by atoms with Crippen LogP contribution in [0.15, 0.2) is 207 Å². The van der Waals surface area contributed by atoms with Crippen LogP contribution in [-0.2, 0) is 5.41 Å². The Kier molecular flexibility index (Phi) is 10.6. The van der Waals surface area contributed by atoms with Crippen LogP contribution in [0.5, 0.6) is 23.3 Å². The molecule has 9 heteroatoms. The van der Waals surface area contributed by atoms with E-state index >= 15 is 0 Å². The number of hydrogen-bond donors (Lipinski definition) is 0. The van der Waals surface area contributed by atoms with Gasteiger partial charge in [0.05, 0.1) is 11.0 Å². The Morgan fingerprint density at radius 1 is 0.413 bits per heavy atom. The van der Waals surface area contributed by atoms with Gasteiger partial charge in [-0.3, -0.25) is 4.57 Å². The van der Waals surface area contributed by atoms with Crippen LogP contribution in [0.4, 0.5) is 0 Å². The maximum atomic E-state index is 6.25. The minimum absolute atomic E-state index is 0.0999. The smallest absolute Gasteiger partial charge is 0.241 e. The van der Waals surface area contributed by atoms with Crippen LogP contribution < -0.4 is 42.3 Å². The summed E-state index contributed by atoms with van der Waals surface area (Å²) in [6, 6.07) is 62.9. The molecule has 4 aromatic heterocycles. The van der Waals surface area contributed by atoms with Crippen molar-refractivity contribution in [3.8, 4) is 29.2 Å². The highest BCUT2D eigenvalue weighted by atomic mass is 16.5. The average molecular weight is 816 g/mol. The van der Waals surface area contributed by atoms with Crippen molar-refractivity contribution in [2.24, 2.45) is 0 Å². The molecular weight excluding hydrogens is 772 g/mol. The molecule has 0 saturated heterocycles. The first-order valence-electron chi connectivity index (χ1n) is 21.2. The molecule has 10 rings (SSSR count). The Hall–Kier alpha value is -7.77. The van der Waals surface area contributed by atoms with Gasteiger partial charge in [0.2, 0.25) is 31.1 Å². The molecule has 7 nitrogen and oxygen atoms in total. The summed E-state index contributed by atoms with van der Waals surface area (Å²) in [5.41, 5.74) is 9.81. The Labute approximate surface area is 368 Å². The summed E-state index contributed by atoms with van der Waals surface area (Å²) >= 11 is 0. The second kappa shape index (κ2) is 16.9. The lowest BCUT2D eigenvalue weighted by molar-refractivity contribution is 0.463. The van der Waals surface area contributed by atoms with Gasteiger partial charge >= 0.3 is 0 Å². The number of nitrogens with zero attached hydrogens (tertiary/aromatic N) is 5. The van der Waals surface area contributed by atoms with Gasteiger partial charge in [-0.15, -0.1) is 0 Å². The van der Waals surface area contributed by atoms with Crippen molar-refractivity contribution in [2.45, 2.75) is 26.2 Å². The molecule has 0 aliphatic carbocycles. The number of rotatable bonds is 11. The van der Waals surface area contributed by atoms with Crippen LogP contribution in [0.2, 0.25) is 0 Å². The second-order valence-corrected chi connectivity index (χ2v) is 16.8. The molecule has 0 atom stereocenters. The first kappa shape index (κ1) is 39.4. The zero-order chi connectivity index (χ0) is 42.8. The molecule has 0 spiro atoms. The quantitative estimate of drug-likeness (QED) is 0.123. The van der Waals surface area contributed by atoms with Crippen molar-refractivity contribution in [1.82, 2.24) is 24.5 Å². The van der Waals surface area contributed by atoms with Crippen molar-refractivity contribution in [2.75, 3.05) is 0 Å². The van der Waals surface area contributed by atoms with Gasteiger partial charge < -0.3 is 9.47 Å². The van der Waals surface area contributed by atoms with Gasteiger partial charge in [-0.2, -0.15) is 0 Å². The molecule has 63 heavy (non-hydrogen) atoms. The number of aromatic nitrogens is 5. The fraction of sp³-hybridized carbons (Fsp3) is 0.0741. The summed E-state index contributed by atoms with van der Waals surface area (Å²) < 4.78 is 14.7. The molecule has 10 aromatic rings. The van der Waals surface area contributed by atoms with Gasteiger partial charge in [0.1, 0.15) is 11.5 Å². The molecule has 0 aliphatic heterocycles. The summed E-state index contributed by atoms with van der Waals surface area (Å²) in [4.78, 5) is 19.0. The standard InChI is InChI=1S/C54H43B2N5O2/c1-54(2,3)38-36-59-53(60-37-38)61-49-34-43(55(39-16-6-4-7-17-39)41-20-14-22-45(32-41)62-51-24-10-12-30-57-51)26-28-47(49)48-29-27-44(35-50(48)61)56(40-18-8-5-9-19-40)42-21-15-23-46(33-42)63-52-25-11-13-31-58-52/h4-37H,1-3H3. The molecule has 0 unspecified atom stereocenters. The fourth-order valence-electron chi connectivity index (χ4n) is 8.47. The Balaban J connectivity index is 1.15. The van der Waals surface area contributed by atoms with Crippen LogP contribution in [-0.4, -0.2) is 37.9 Å². The van der Waals surface area contributed by atoms with Gasteiger partial charge in [-0.1, -0.05) is 175 Å². The highest BCUT2D eigenvalue weighted by Gasteiger charge is 2.27. The van der Waals surface area contributed by atoms with E-state index in [4.69, 9.17) is 19.4 Å². The van der Waals surface area contributed by atoms with E-state index in [1.165, 1.54) is 10.9 Å². The van der Waals surface area contributed by atoms with E-state index in [0.717, 1.165) is 60.7 Å². The molecule has 0 N–H and O–H groups in total. The predicted octanol–water partition coefficient (Wildman–Crippen LogP) is 8.28. The number of hydrogen-bond acceptors (Lipinski definition) is 6. The predicted molar refractivity (Wildman–Crippen MR) is 259 cm³/mol. The molecule has 0 aliphatic rings. The highest BCUT2D eigenvalue weighted by Crippen LogP contribution is 2.31. The normalized spacial score (nSPS) is 11.4.